The monoisotopic (exact) mass is 506 g/mol. The van der Waals surface area contributed by atoms with Crippen molar-refractivity contribution in [1.82, 2.24) is 0 Å². The first-order valence-corrected chi connectivity index (χ1v) is 11.4. The third-order valence-electron chi connectivity index (χ3n) is 4.97. The zero-order valence-electron chi connectivity index (χ0n) is 21.2. The van der Waals surface area contributed by atoms with Gasteiger partial charge in [0.05, 0.1) is 26.4 Å². The van der Waals surface area contributed by atoms with E-state index in [1.165, 1.54) is 0 Å². The average Bonchev–Trinajstić information content (AvgIpc) is 2.90. The maximum absolute atomic E-state index is 12.2. The molecule has 0 atom stereocenters. The van der Waals surface area contributed by atoms with Crippen LogP contribution in [-0.2, 0) is 18.9 Å². The van der Waals surface area contributed by atoms with Gasteiger partial charge in [-0.3, -0.25) is 9.59 Å². The second kappa shape index (κ2) is 16.5. The Morgan fingerprint density at radius 2 is 0.833 bits per heavy atom. The first-order valence-electron chi connectivity index (χ1n) is 11.4. The lowest BCUT2D eigenvalue weighted by Gasteiger charge is -2.22. The van der Waals surface area contributed by atoms with Gasteiger partial charge in [0.1, 0.15) is 26.4 Å². The molecule has 0 fully saturated rings. The standard InChI is InChI=1S/C26H34O10/c1-29-9-13-33-21-7-5-19(17-27)23(25(21)35-15-11-31-3)24-20(18-28)6-8-22(34-14-10-30-2)26(24)36-16-12-32-4/h5-8,17-18H,9-16H2,1-4H3. The Labute approximate surface area is 211 Å². The van der Waals surface area contributed by atoms with Gasteiger partial charge >= 0.3 is 0 Å². The smallest absolute Gasteiger partial charge is 0.169 e. The topological polar surface area (TPSA) is 108 Å². The first-order chi connectivity index (χ1) is 17.7. The summed E-state index contributed by atoms with van der Waals surface area (Å²) in [4.78, 5) is 24.4. The molecule has 2 aromatic carbocycles. The van der Waals surface area contributed by atoms with Gasteiger partial charge in [0.2, 0.25) is 0 Å². The van der Waals surface area contributed by atoms with E-state index in [4.69, 9.17) is 37.9 Å². The molecule has 0 saturated heterocycles. The van der Waals surface area contributed by atoms with Crippen LogP contribution in [0.2, 0.25) is 0 Å². The molecule has 0 aliphatic rings. The highest BCUT2D eigenvalue weighted by Gasteiger charge is 2.26. The van der Waals surface area contributed by atoms with E-state index in [1.807, 2.05) is 0 Å². The van der Waals surface area contributed by atoms with E-state index in [1.54, 1.807) is 52.7 Å². The molecule has 36 heavy (non-hydrogen) atoms. The molecule has 0 unspecified atom stereocenters. The van der Waals surface area contributed by atoms with E-state index in [0.717, 1.165) is 0 Å². The summed E-state index contributed by atoms with van der Waals surface area (Å²) < 4.78 is 44.3. The minimum Gasteiger partial charge on any atom is -0.487 e. The lowest BCUT2D eigenvalue weighted by Crippen LogP contribution is -2.12. The van der Waals surface area contributed by atoms with Crippen LogP contribution in [0.5, 0.6) is 23.0 Å². The fourth-order valence-corrected chi connectivity index (χ4v) is 3.31. The number of ether oxygens (including phenoxy) is 8. The van der Waals surface area contributed by atoms with Crippen LogP contribution in [0.25, 0.3) is 11.1 Å². The lowest BCUT2D eigenvalue weighted by atomic mass is 9.93. The van der Waals surface area contributed by atoms with Crippen LogP contribution in [-0.4, -0.2) is 93.9 Å². The van der Waals surface area contributed by atoms with Gasteiger partial charge in [0.15, 0.2) is 35.6 Å². The van der Waals surface area contributed by atoms with Crippen molar-refractivity contribution in [3.05, 3.63) is 35.4 Å². The Kier molecular flexibility index (Phi) is 13.3. The number of carbonyl (C=O) groups excluding carboxylic acids is 2. The molecular weight excluding hydrogens is 472 g/mol. The van der Waals surface area contributed by atoms with Crippen molar-refractivity contribution < 1.29 is 47.5 Å². The van der Waals surface area contributed by atoms with Crippen molar-refractivity contribution in [2.24, 2.45) is 0 Å². The number of rotatable bonds is 19. The number of aldehydes is 2. The van der Waals surface area contributed by atoms with Crippen LogP contribution in [0.4, 0.5) is 0 Å². The Balaban J connectivity index is 2.79. The van der Waals surface area contributed by atoms with E-state index in [-0.39, 0.29) is 49.1 Å². The Morgan fingerprint density at radius 3 is 1.14 bits per heavy atom. The number of methoxy groups -OCH3 is 4. The zero-order valence-corrected chi connectivity index (χ0v) is 21.2. The number of carbonyl (C=O) groups is 2. The third kappa shape index (κ3) is 7.92. The van der Waals surface area contributed by atoms with Crippen LogP contribution in [0.3, 0.4) is 0 Å². The molecule has 0 bridgehead atoms. The van der Waals surface area contributed by atoms with E-state index in [2.05, 4.69) is 0 Å². The molecule has 2 aromatic rings. The molecular formula is C26H34O10. The summed E-state index contributed by atoms with van der Waals surface area (Å²) in [6, 6.07) is 6.46. The average molecular weight is 507 g/mol. The van der Waals surface area contributed by atoms with Crippen LogP contribution in [0.1, 0.15) is 20.7 Å². The molecule has 10 heteroatoms. The fraction of sp³-hybridized carbons (Fsp3) is 0.462. The summed E-state index contributed by atoms with van der Waals surface area (Å²) >= 11 is 0. The summed E-state index contributed by atoms with van der Waals surface area (Å²) in [5.41, 5.74) is 1.22. The quantitative estimate of drug-likeness (QED) is 0.208. The van der Waals surface area contributed by atoms with Gasteiger partial charge in [0, 0.05) is 50.7 Å². The van der Waals surface area contributed by atoms with Crippen molar-refractivity contribution in [3.8, 4) is 34.1 Å². The SMILES string of the molecule is COCCOc1ccc(C=O)c(-c2c(C=O)ccc(OCCOC)c2OCCOC)c1OCCOC. The van der Waals surface area contributed by atoms with Gasteiger partial charge in [-0.1, -0.05) is 0 Å². The highest BCUT2D eigenvalue weighted by Crippen LogP contribution is 2.48. The van der Waals surface area contributed by atoms with Crippen molar-refractivity contribution in [2.45, 2.75) is 0 Å². The summed E-state index contributed by atoms with van der Waals surface area (Å²) in [6.45, 7) is 2.11. The zero-order chi connectivity index (χ0) is 26.2. The largest absolute Gasteiger partial charge is 0.487 e. The highest BCUT2D eigenvalue weighted by molar-refractivity contribution is 6.00. The molecule has 0 aliphatic carbocycles. The minimum atomic E-state index is 0.173. The molecule has 10 nitrogen and oxygen atoms in total. The molecule has 0 radical (unpaired) electrons. The van der Waals surface area contributed by atoms with E-state index < -0.39 is 0 Å². The summed E-state index contributed by atoms with van der Waals surface area (Å²) in [6.07, 6.45) is 1.37. The minimum absolute atomic E-state index is 0.173. The molecule has 0 spiro atoms. The van der Waals surface area contributed by atoms with Crippen molar-refractivity contribution >= 4 is 12.6 Å². The predicted molar refractivity (Wildman–Crippen MR) is 132 cm³/mol. The number of hydrogen-bond donors (Lipinski definition) is 0. The highest BCUT2D eigenvalue weighted by atomic mass is 16.6. The molecule has 0 amide bonds. The van der Waals surface area contributed by atoms with Crippen molar-refractivity contribution in [1.29, 1.82) is 0 Å². The maximum Gasteiger partial charge on any atom is 0.169 e. The van der Waals surface area contributed by atoms with Crippen LogP contribution >= 0.6 is 0 Å². The van der Waals surface area contributed by atoms with Crippen LogP contribution in [0.15, 0.2) is 24.3 Å². The van der Waals surface area contributed by atoms with Gasteiger partial charge in [-0.25, -0.2) is 0 Å². The van der Waals surface area contributed by atoms with Gasteiger partial charge in [0.25, 0.3) is 0 Å². The van der Waals surface area contributed by atoms with Crippen LogP contribution in [0, 0.1) is 0 Å². The van der Waals surface area contributed by atoms with Gasteiger partial charge in [-0.05, 0) is 24.3 Å². The predicted octanol–water partition coefficient (Wildman–Crippen LogP) is 3.08. The van der Waals surface area contributed by atoms with E-state index >= 15 is 0 Å². The molecule has 0 heterocycles. The number of hydrogen-bond acceptors (Lipinski definition) is 10. The Hall–Kier alpha value is -3.18. The first kappa shape index (κ1) is 29.1. The maximum atomic E-state index is 12.2. The Bertz CT molecular complexity index is 883. The Morgan fingerprint density at radius 1 is 0.500 bits per heavy atom. The van der Waals surface area contributed by atoms with Gasteiger partial charge in [-0.15, -0.1) is 0 Å². The van der Waals surface area contributed by atoms with Crippen molar-refractivity contribution in [3.63, 3.8) is 0 Å². The molecule has 198 valence electrons. The second-order valence-corrected chi connectivity index (χ2v) is 7.31. The van der Waals surface area contributed by atoms with Gasteiger partial charge in [-0.2, -0.15) is 0 Å². The summed E-state index contributed by atoms with van der Waals surface area (Å²) in [5.74, 6) is 1.27. The lowest BCUT2D eigenvalue weighted by molar-refractivity contribution is 0.111. The summed E-state index contributed by atoms with van der Waals surface area (Å²) in [5, 5.41) is 0. The third-order valence-corrected chi connectivity index (χ3v) is 4.97. The van der Waals surface area contributed by atoms with Gasteiger partial charge < -0.3 is 37.9 Å². The molecule has 0 saturated carbocycles. The van der Waals surface area contributed by atoms with Crippen LogP contribution < -0.4 is 18.9 Å². The second-order valence-electron chi connectivity index (χ2n) is 7.31. The number of benzene rings is 2. The van der Waals surface area contributed by atoms with Crippen molar-refractivity contribution in [2.75, 3.05) is 81.3 Å². The van der Waals surface area contributed by atoms with E-state index in [0.29, 0.717) is 61.6 Å². The molecule has 0 aromatic heterocycles. The molecule has 0 N–H and O–H groups in total. The summed E-state index contributed by atoms with van der Waals surface area (Å²) in [7, 11) is 6.23. The molecule has 0 aliphatic heterocycles. The molecule has 2 rings (SSSR count). The fourth-order valence-electron chi connectivity index (χ4n) is 3.31. The normalized spacial score (nSPS) is 10.7. The van der Waals surface area contributed by atoms with E-state index in [9.17, 15) is 9.59 Å².